The van der Waals surface area contributed by atoms with Crippen LogP contribution < -0.4 is 11.1 Å². The average molecular weight is 270 g/mol. The van der Waals surface area contributed by atoms with Gasteiger partial charge in [-0.1, -0.05) is 11.8 Å². The summed E-state index contributed by atoms with van der Waals surface area (Å²) in [6.45, 7) is 0.148. The number of halogens is 1. The average Bonchev–Trinajstić information content (AvgIpc) is 2.47. The molecule has 0 bridgehead atoms. The number of nitrogens with one attached hydrogen (secondary N) is 1. The maximum Gasteiger partial charge on any atom is 0.255 e. The molecule has 6 heteroatoms. The lowest BCUT2D eigenvalue weighted by Crippen LogP contribution is -2.12. The van der Waals surface area contributed by atoms with Crippen molar-refractivity contribution in [3.05, 3.63) is 53.9 Å². The maximum absolute atomic E-state index is 13.7. The number of carbonyl (C=O) groups excluding carboxylic acids is 1. The van der Waals surface area contributed by atoms with Crippen LogP contribution in [-0.2, 0) is 0 Å². The number of aromatic nitrogens is 2. The summed E-state index contributed by atoms with van der Waals surface area (Å²) >= 11 is 0. The predicted octanol–water partition coefficient (Wildman–Crippen LogP) is 1.18. The zero-order chi connectivity index (χ0) is 14.4. The Bertz CT molecular complexity index is 677. The molecule has 0 atom stereocenters. The van der Waals surface area contributed by atoms with Gasteiger partial charge in [0, 0.05) is 5.56 Å². The van der Waals surface area contributed by atoms with Crippen LogP contribution in [0, 0.1) is 17.7 Å². The van der Waals surface area contributed by atoms with E-state index in [2.05, 4.69) is 27.1 Å². The molecule has 2 aromatic rings. The maximum atomic E-state index is 13.7. The van der Waals surface area contributed by atoms with Crippen molar-refractivity contribution in [3.63, 3.8) is 0 Å². The lowest BCUT2D eigenvalue weighted by atomic mass is 10.1. The first-order valence-corrected chi connectivity index (χ1v) is 5.75. The van der Waals surface area contributed by atoms with Crippen LogP contribution >= 0.6 is 0 Å². The Kier molecular flexibility index (Phi) is 4.37. The van der Waals surface area contributed by atoms with Crippen molar-refractivity contribution in [2.24, 2.45) is 5.73 Å². The van der Waals surface area contributed by atoms with Crippen molar-refractivity contribution in [3.8, 4) is 11.8 Å². The van der Waals surface area contributed by atoms with Gasteiger partial charge in [0.05, 0.1) is 30.2 Å². The SMILES string of the molecule is NCC#Cc1ccc(C(=O)Nc2cncnc2)cc1F. The van der Waals surface area contributed by atoms with E-state index in [0.717, 1.165) is 6.07 Å². The topological polar surface area (TPSA) is 80.9 Å². The third-order valence-corrected chi connectivity index (χ3v) is 2.37. The van der Waals surface area contributed by atoms with E-state index in [1.807, 2.05) is 0 Å². The molecule has 2 rings (SSSR count). The number of rotatable bonds is 2. The Hall–Kier alpha value is -2.78. The second-order valence-electron chi connectivity index (χ2n) is 3.78. The van der Waals surface area contributed by atoms with E-state index in [1.165, 1.54) is 30.9 Å². The molecule has 1 heterocycles. The van der Waals surface area contributed by atoms with E-state index in [9.17, 15) is 9.18 Å². The normalized spacial score (nSPS) is 9.50. The Morgan fingerprint density at radius 3 is 2.75 bits per heavy atom. The van der Waals surface area contributed by atoms with Crippen molar-refractivity contribution in [1.29, 1.82) is 0 Å². The highest BCUT2D eigenvalue weighted by atomic mass is 19.1. The summed E-state index contributed by atoms with van der Waals surface area (Å²) in [6.07, 6.45) is 4.24. The fraction of sp³-hybridized carbons (Fsp3) is 0.0714. The molecule has 0 saturated carbocycles. The Morgan fingerprint density at radius 1 is 1.35 bits per heavy atom. The fourth-order valence-corrected chi connectivity index (χ4v) is 1.47. The van der Waals surface area contributed by atoms with Crippen molar-refractivity contribution in [2.45, 2.75) is 0 Å². The molecule has 0 radical (unpaired) electrons. The minimum Gasteiger partial charge on any atom is -0.320 e. The zero-order valence-corrected chi connectivity index (χ0v) is 10.4. The molecule has 5 nitrogen and oxygen atoms in total. The molecule has 0 saturated heterocycles. The van der Waals surface area contributed by atoms with Gasteiger partial charge in [-0.3, -0.25) is 4.79 Å². The van der Waals surface area contributed by atoms with Gasteiger partial charge in [0.2, 0.25) is 0 Å². The van der Waals surface area contributed by atoms with Crippen LogP contribution in [0.2, 0.25) is 0 Å². The molecule has 0 fully saturated rings. The lowest BCUT2D eigenvalue weighted by Gasteiger charge is -2.04. The molecule has 0 aliphatic rings. The molecule has 1 aromatic heterocycles. The van der Waals surface area contributed by atoms with Gasteiger partial charge in [-0.2, -0.15) is 0 Å². The smallest absolute Gasteiger partial charge is 0.255 e. The molecule has 20 heavy (non-hydrogen) atoms. The molecule has 0 aliphatic heterocycles. The standard InChI is InChI=1S/C14H11FN4O/c15-13-6-11(4-3-10(13)2-1-5-16)14(20)19-12-7-17-9-18-8-12/h3-4,6-9H,5,16H2,(H,19,20). The molecule has 0 spiro atoms. The Balaban J connectivity index is 2.17. The first-order chi connectivity index (χ1) is 9.70. The van der Waals surface area contributed by atoms with Gasteiger partial charge in [0.25, 0.3) is 5.91 Å². The monoisotopic (exact) mass is 270 g/mol. The minimum absolute atomic E-state index is 0.148. The number of anilines is 1. The van der Waals surface area contributed by atoms with Gasteiger partial charge in [0.15, 0.2) is 0 Å². The van der Waals surface area contributed by atoms with Gasteiger partial charge in [-0.25, -0.2) is 14.4 Å². The highest BCUT2D eigenvalue weighted by Gasteiger charge is 2.09. The number of hydrogen-bond acceptors (Lipinski definition) is 4. The van der Waals surface area contributed by atoms with Crippen LogP contribution in [0.15, 0.2) is 36.9 Å². The zero-order valence-electron chi connectivity index (χ0n) is 10.4. The van der Waals surface area contributed by atoms with Crippen molar-refractivity contribution in [2.75, 3.05) is 11.9 Å². The largest absolute Gasteiger partial charge is 0.320 e. The third kappa shape index (κ3) is 3.37. The molecule has 1 amide bonds. The Morgan fingerprint density at radius 2 is 2.10 bits per heavy atom. The second-order valence-corrected chi connectivity index (χ2v) is 3.78. The number of amides is 1. The first kappa shape index (κ1) is 13.6. The second kappa shape index (κ2) is 6.41. The quantitative estimate of drug-likeness (QED) is 0.803. The number of benzene rings is 1. The summed E-state index contributed by atoms with van der Waals surface area (Å²) in [5, 5.41) is 2.56. The lowest BCUT2D eigenvalue weighted by molar-refractivity contribution is 0.102. The van der Waals surface area contributed by atoms with E-state index in [-0.39, 0.29) is 17.7 Å². The Labute approximate surface area is 115 Å². The van der Waals surface area contributed by atoms with Gasteiger partial charge in [-0.15, -0.1) is 0 Å². The summed E-state index contributed by atoms with van der Waals surface area (Å²) in [6, 6.07) is 4.05. The van der Waals surface area contributed by atoms with Crippen molar-refractivity contribution < 1.29 is 9.18 Å². The van der Waals surface area contributed by atoms with Crippen LogP contribution in [0.1, 0.15) is 15.9 Å². The molecular weight excluding hydrogens is 259 g/mol. The molecule has 1 aromatic carbocycles. The number of carbonyl (C=O) groups is 1. The summed E-state index contributed by atoms with van der Waals surface area (Å²) < 4.78 is 13.7. The highest BCUT2D eigenvalue weighted by molar-refractivity contribution is 6.04. The number of hydrogen-bond donors (Lipinski definition) is 2. The molecule has 100 valence electrons. The van der Waals surface area contributed by atoms with Crippen LogP contribution in [-0.4, -0.2) is 22.4 Å². The van der Waals surface area contributed by atoms with E-state index in [0.29, 0.717) is 5.69 Å². The van der Waals surface area contributed by atoms with E-state index in [1.54, 1.807) is 0 Å². The molecule has 0 aliphatic carbocycles. The summed E-state index contributed by atoms with van der Waals surface area (Å²) in [4.78, 5) is 19.4. The summed E-state index contributed by atoms with van der Waals surface area (Å²) in [5.41, 5.74) is 6.04. The fourth-order valence-electron chi connectivity index (χ4n) is 1.47. The van der Waals surface area contributed by atoms with E-state index >= 15 is 0 Å². The van der Waals surface area contributed by atoms with Gasteiger partial charge in [0.1, 0.15) is 12.1 Å². The summed E-state index contributed by atoms with van der Waals surface area (Å²) in [5.74, 6) is 4.13. The van der Waals surface area contributed by atoms with E-state index < -0.39 is 11.7 Å². The predicted molar refractivity (Wildman–Crippen MR) is 72.3 cm³/mol. The molecule has 3 N–H and O–H groups in total. The summed E-state index contributed by atoms with van der Waals surface area (Å²) in [7, 11) is 0. The third-order valence-electron chi connectivity index (χ3n) is 2.37. The van der Waals surface area contributed by atoms with Crippen LogP contribution in [0.4, 0.5) is 10.1 Å². The molecular formula is C14H11FN4O. The minimum atomic E-state index is -0.567. The van der Waals surface area contributed by atoms with Gasteiger partial charge in [-0.05, 0) is 18.2 Å². The molecule has 0 unspecified atom stereocenters. The first-order valence-electron chi connectivity index (χ1n) is 5.75. The number of nitrogens with two attached hydrogens (primary N) is 1. The van der Waals surface area contributed by atoms with E-state index in [4.69, 9.17) is 5.73 Å². The van der Waals surface area contributed by atoms with Crippen molar-refractivity contribution in [1.82, 2.24) is 9.97 Å². The van der Waals surface area contributed by atoms with Gasteiger partial charge < -0.3 is 11.1 Å². The number of nitrogens with zero attached hydrogens (tertiary/aromatic N) is 2. The highest BCUT2D eigenvalue weighted by Crippen LogP contribution is 2.11. The van der Waals surface area contributed by atoms with Gasteiger partial charge >= 0.3 is 0 Å². The van der Waals surface area contributed by atoms with Crippen LogP contribution in [0.25, 0.3) is 0 Å². The van der Waals surface area contributed by atoms with Crippen LogP contribution in [0.3, 0.4) is 0 Å². The van der Waals surface area contributed by atoms with Crippen LogP contribution in [0.5, 0.6) is 0 Å². The van der Waals surface area contributed by atoms with Crippen molar-refractivity contribution >= 4 is 11.6 Å².